The first-order valence-electron chi connectivity index (χ1n) is 4.50. The van der Waals surface area contributed by atoms with Gasteiger partial charge in [-0.25, -0.2) is 4.98 Å². The summed E-state index contributed by atoms with van der Waals surface area (Å²) in [6, 6.07) is 1.45. The third-order valence-corrected chi connectivity index (χ3v) is 2.15. The van der Waals surface area contributed by atoms with Crippen LogP contribution in [-0.2, 0) is 6.42 Å². The fourth-order valence-corrected chi connectivity index (χ4v) is 1.32. The van der Waals surface area contributed by atoms with E-state index in [1.165, 1.54) is 6.07 Å². The Morgan fingerprint density at radius 2 is 2.38 bits per heavy atom. The summed E-state index contributed by atoms with van der Waals surface area (Å²) in [5.41, 5.74) is 0.577. The summed E-state index contributed by atoms with van der Waals surface area (Å²) in [7, 11) is 0. The molecular weight excluding hydrogens is 168 g/mol. The van der Waals surface area contributed by atoms with E-state index in [0.29, 0.717) is 18.0 Å². The number of hydrogen-bond acceptors (Lipinski definition) is 3. The highest BCUT2D eigenvalue weighted by atomic mass is 16.3. The summed E-state index contributed by atoms with van der Waals surface area (Å²) in [5, 5.41) is 8.70. The van der Waals surface area contributed by atoms with Crippen LogP contribution in [0.15, 0.2) is 10.9 Å². The van der Waals surface area contributed by atoms with E-state index in [-0.39, 0.29) is 12.2 Å². The predicted octanol–water partition coefficient (Wildman–Crippen LogP) is 0.182. The van der Waals surface area contributed by atoms with Gasteiger partial charge in [0.2, 0.25) is 0 Å². The van der Waals surface area contributed by atoms with Crippen molar-refractivity contribution in [3.05, 3.63) is 27.9 Å². The lowest BCUT2D eigenvalue weighted by atomic mass is 10.3. The van der Waals surface area contributed by atoms with Crippen molar-refractivity contribution in [2.45, 2.75) is 25.2 Å². The zero-order valence-corrected chi connectivity index (χ0v) is 7.29. The molecule has 1 aromatic heterocycles. The van der Waals surface area contributed by atoms with Crippen LogP contribution < -0.4 is 5.56 Å². The van der Waals surface area contributed by atoms with E-state index >= 15 is 0 Å². The average molecular weight is 180 g/mol. The van der Waals surface area contributed by atoms with Crippen LogP contribution in [0.5, 0.6) is 0 Å². The molecule has 0 aromatic carbocycles. The molecule has 1 saturated carbocycles. The topological polar surface area (TPSA) is 66.0 Å². The van der Waals surface area contributed by atoms with E-state index in [1.54, 1.807) is 0 Å². The summed E-state index contributed by atoms with van der Waals surface area (Å²) in [6.07, 6.45) is 2.70. The quantitative estimate of drug-likeness (QED) is 0.697. The summed E-state index contributed by atoms with van der Waals surface area (Å²) >= 11 is 0. The van der Waals surface area contributed by atoms with Gasteiger partial charge in [-0.3, -0.25) is 4.79 Å². The standard InChI is InChI=1S/C9H12N2O2/c12-4-3-7-5-8(13)11-9(10-7)6-1-2-6/h5-6,12H,1-4H2,(H,10,11,13). The second-order valence-electron chi connectivity index (χ2n) is 3.37. The number of rotatable bonds is 3. The molecule has 1 aliphatic rings. The highest BCUT2D eigenvalue weighted by molar-refractivity contribution is 5.10. The van der Waals surface area contributed by atoms with Crippen LogP contribution in [-0.4, -0.2) is 21.7 Å². The van der Waals surface area contributed by atoms with Crippen LogP contribution in [0.25, 0.3) is 0 Å². The smallest absolute Gasteiger partial charge is 0.251 e. The summed E-state index contributed by atoms with van der Waals surface area (Å²) in [4.78, 5) is 18.1. The van der Waals surface area contributed by atoms with E-state index in [2.05, 4.69) is 9.97 Å². The van der Waals surface area contributed by atoms with E-state index in [9.17, 15) is 4.79 Å². The van der Waals surface area contributed by atoms with Crippen molar-refractivity contribution in [3.63, 3.8) is 0 Å². The molecule has 1 fully saturated rings. The molecular formula is C9H12N2O2. The summed E-state index contributed by atoms with van der Waals surface area (Å²) in [6.45, 7) is 0.0422. The Hall–Kier alpha value is -1.16. The van der Waals surface area contributed by atoms with Crippen LogP contribution in [0.2, 0.25) is 0 Å². The Kier molecular flexibility index (Phi) is 2.14. The molecule has 13 heavy (non-hydrogen) atoms. The zero-order valence-electron chi connectivity index (χ0n) is 7.29. The maximum Gasteiger partial charge on any atom is 0.251 e. The lowest BCUT2D eigenvalue weighted by molar-refractivity contribution is 0.298. The van der Waals surface area contributed by atoms with Crippen molar-refractivity contribution in [3.8, 4) is 0 Å². The number of aliphatic hydroxyl groups excluding tert-OH is 1. The number of H-pyrrole nitrogens is 1. The Balaban J connectivity index is 2.30. The second kappa shape index (κ2) is 3.30. The molecule has 0 amide bonds. The lowest BCUT2D eigenvalue weighted by Crippen LogP contribution is -2.12. The molecule has 4 nitrogen and oxygen atoms in total. The van der Waals surface area contributed by atoms with Crippen LogP contribution >= 0.6 is 0 Å². The summed E-state index contributed by atoms with van der Waals surface area (Å²) < 4.78 is 0. The van der Waals surface area contributed by atoms with Crippen molar-refractivity contribution in [2.24, 2.45) is 0 Å². The average Bonchev–Trinajstić information content (AvgIpc) is 2.85. The number of aliphatic hydroxyl groups is 1. The van der Waals surface area contributed by atoms with Crippen LogP contribution in [0.1, 0.15) is 30.3 Å². The van der Waals surface area contributed by atoms with Crippen LogP contribution in [0, 0.1) is 0 Å². The van der Waals surface area contributed by atoms with Gasteiger partial charge < -0.3 is 10.1 Å². The Morgan fingerprint density at radius 1 is 1.62 bits per heavy atom. The zero-order chi connectivity index (χ0) is 9.26. The molecule has 0 spiro atoms. The van der Waals surface area contributed by atoms with Gasteiger partial charge in [-0.1, -0.05) is 0 Å². The first-order valence-corrected chi connectivity index (χ1v) is 4.50. The molecule has 0 radical (unpaired) electrons. The van der Waals surface area contributed by atoms with E-state index in [0.717, 1.165) is 18.7 Å². The molecule has 0 saturated heterocycles. The molecule has 2 rings (SSSR count). The fraction of sp³-hybridized carbons (Fsp3) is 0.556. The normalized spacial score (nSPS) is 16.1. The number of nitrogens with zero attached hydrogens (tertiary/aromatic N) is 1. The maximum absolute atomic E-state index is 11.1. The van der Waals surface area contributed by atoms with Crippen molar-refractivity contribution < 1.29 is 5.11 Å². The molecule has 2 N–H and O–H groups in total. The molecule has 4 heteroatoms. The van der Waals surface area contributed by atoms with Gasteiger partial charge in [0.25, 0.3) is 5.56 Å². The van der Waals surface area contributed by atoms with Gasteiger partial charge in [-0.05, 0) is 12.8 Å². The van der Waals surface area contributed by atoms with Crippen molar-refractivity contribution >= 4 is 0 Å². The number of aromatic amines is 1. The first-order chi connectivity index (χ1) is 6.29. The fourth-order valence-electron chi connectivity index (χ4n) is 1.32. The molecule has 0 atom stereocenters. The number of aromatic nitrogens is 2. The van der Waals surface area contributed by atoms with Crippen molar-refractivity contribution in [1.82, 2.24) is 9.97 Å². The van der Waals surface area contributed by atoms with E-state index < -0.39 is 0 Å². The lowest BCUT2D eigenvalue weighted by Gasteiger charge is -2.00. The Labute approximate surface area is 75.6 Å². The van der Waals surface area contributed by atoms with Gasteiger partial charge >= 0.3 is 0 Å². The van der Waals surface area contributed by atoms with Crippen LogP contribution in [0.3, 0.4) is 0 Å². The Morgan fingerprint density at radius 3 is 3.00 bits per heavy atom. The van der Waals surface area contributed by atoms with Gasteiger partial charge in [0, 0.05) is 25.0 Å². The highest BCUT2D eigenvalue weighted by Crippen LogP contribution is 2.37. The van der Waals surface area contributed by atoms with Gasteiger partial charge in [0.1, 0.15) is 5.82 Å². The summed E-state index contributed by atoms with van der Waals surface area (Å²) in [5.74, 6) is 1.24. The molecule has 0 unspecified atom stereocenters. The third-order valence-electron chi connectivity index (χ3n) is 2.15. The minimum atomic E-state index is -0.111. The highest BCUT2D eigenvalue weighted by Gasteiger charge is 2.26. The minimum Gasteiger partial charge on any atom is -0.396 e. The molecule has 0 aliphatic heterocycles. The maximum atomic E-state index is 11.1. The van der Waals surface area contributed by atoms with Crippen molar-refractivity contribution in [1.29, 1.82) is 0 Å². The Bertz CT molecular complexity index is 355. The van der Waals surface area contributed by atoms with Crippen LogP contribution in [0.4, 0.5) is 0 Å². The number of hydrogen-bond donors (Lipinski definition) is 2. The second-order valence-corrected chi connectivity index (χ2v) is 3.37. The molecule has 1 aliphatic carbocycles. The SMILES string of the molecule is O=c1cc(CCO)nc(C2CC2)[nH]1. The monoisotopic (exact) mass is 180 g/mol. The van der Waals surface area contributed by atoms with Gasteiger partial charge in [-0.15, -0.1) is 0 Å². The molecule has 1 aromatic rings. The first kappa shape index (κ1) is 8.44. The largest absolute Gasteiger partial charge is 0.396 e. The minimum absolute atomic E-state index is 0.0422. The van der Waals surface area contributed by atoms with Gasteiger partial charge in [0.15, 0.2) is 0 Å². The van der Waals surface area contributed by atoms with Gasteiger partial charge in [-0.2, -0.15) is 0 Å². The number of nitrogens with one attached hydrogen (secondary N) is 1. The third kappa shape index (κ3) is 1.95. The molecule has 0 bridgehead atoms. The van der Waals surface area contributed by atoms with Gasteiger partial charge in [0.05, 0.1) is 5.69 Å². The van der Waals surface area contributed by atoms with E-state index in [4.69, 9.17) is 5.11 Å². The molecule has 70 valence electrons. The van der Waals surface area contributed by atoms with E-state index in [1.807, 2.05) is 0 Å². The van der Waals surface area contributed by atoms with Crippen molar-refractivity contribution in [2.75, 3.05) is 6.61 Å². The molecule has 1 heterocycles. The predicted molar refractivity (Wildman–Crippen MR) is 47.6 cm³/mol.